The van der Waals surface area contributed by atoms with Crippen molar-refractivity contribution in [1.82, 2.24) is 14.1 Å². The van der Waals surface area contributed by atoms with E-state index >= 15 is 0 Å². The number of rotatable bonds is 6. The molecule has 198 valence electrons. The molecule has 11 heteroatoms. The number of carbonyl (C=O) groups is 1. The summed E-state index contributed by atoms with van der Waals surface area (Å²) < 4.78 is 53.6. The number of halogens is 1. The number of ether oxygens (including phenoxy) is 2. The minimum absolute atomic E-state index is 0.0631. The van der Waals surface area contributed by atoms with Crippen LogP contribution in [0.25, 0.3) is 5.65 Å². The second-order valence-electron chi connectivity index (χ2n) is 10.4. The van der Waals surface area contributed by atoms with Gasteiger partial charge >= 0.3 is 0 Å². The fourth-order valence-electron chi connectivity index (χ4n) is 4.71. The largest absolute Gasteiger partial charge is 0.488 e. The van der Waals surface area contributed by atoms with E-state index in [1.54, 1.807) is 22.7 Å². The molecule has 0 bridgehead atoms. The van der Waals surface area contributed by atoms with E-state index in [4.69, 9.17) is 9.47 Å². The average molecular weight is 531 g/mol. The lowest BCUT2D eigenvalue weighted by atomic mass is 10.0. The van der Waals surface area contributed by atoms with Crippen LogP contribution in [0.2, 0.25) is 0 Å². The monoisotopic (exact) mass is 530 g/mol. The molecule has 3 aromatic rings. The first-order valence-electron chi connectivity index (χ1n) is 12.4. The van der Waals surface area contributed by atoms with Crippen LogP contribution in [0.4, 0.5) is 10.1 Å². The van der Waals surface area contributed by atoms with Crippen molar-refractivity contribution in [3.05, 3.63) is 59.8 Å². The molecule has 9 nitrogen and oxygen atoms in total. The Morgan fingerprint density at radius 2 is 2.03 bits per heavy atom. The van der Waals surface area contributed by atoms with E-state index in [2.05, 4.69) is 14.6 Å². The second kappa shape index (κ2) is 9.60. The zero-order chi connectivity index (χ0) is 26.4. The molecule has 2 aliphatic heterocycles. The van der Waals surface area contributed by atoms with Crippen molar-refractivity contribution in [3.8, 4) is 5.75 Å². The van der Waals surface area contributed by atoms with Gasteiger partial charge in [0.2, 0.25) is 10.0 Å². The van der Waals surface area contributed by atoms with Crippen molar-refractivity contribution < 1.29 is 27.1 Å². The minimum Gasteiger partial charge on any atom is -0.488 e. The number of nitrogens with zero attached hydrogens (tertiary/aromatic N) is 3. The molecule has 2 atom stereocenters. The second-order valence-corrected chi connectivity index (χ2v) is 12.9. The number of carbonyl (C=O) groups excluding carboxylic acids is 1. The molecule has 2 aliphatic rings. The zero-order valence-electron chi connectivity index (χ0n) is 21.1. The number of aromatic nitrogens is 2. The molecule has 2 unspecified atom stereocenters. The van der Waals surface area contributed by atoms with E-state index in [1.165, 1.54) is 39.1 Å². The molecular formula is C26H31FN4O5S. The molecule has 2 saturated heterocycles. The van der Waals surface area contributed by atoms with Crippen LogP contribution in [0, 0.1) is 5.82 Å². The third-order valence-corrected chi connectivity index (χ3v) is 8.92. The summed E-state index contributed by atoms with van der Waals surface area (Å²) in [6.45, 7) is 6.45. The third-order valence-electron chi connectivity index (χ3n) is 6.85. The van der Waals surface area contributed by atoms with Crippen LogP contribution < -0.4 is 14.4 Å². The molecular weight excluding hydrogens is 499 g/mol. The number of benzene rings is 1. The topological polar surface area (TPSA) is 102 Å². The number of fused-ring (bicyclic) bond motifs is 1. The lowest BCUT2D eigenvalue weighted by Gasteiger charge is -2.29. The number of imidazole rings is 1. The van der Waals surface area contributed by atoms with Crippen LogP contribution in [0.3, 0.4) is 0 Å². The van der Waals surface area contributed by atoms with Crippen LogP contribution in [0.15, 0.2) is 42.7 Å². The summed E-state index contributed by atoms with van der Waals surface area (Å²) in [4.78, 5) is 19.3. The van der Waals surface area contributed by atoms with E-state index in [-0.39, 0.29) is 23.7 Å². The van der Waals surface area contributed by atoms with Gasteiger partial charge in [-0.3, -0.25) is 9.20 Å². The lowest BCUT2D eigenvalue weighted by molar-refractivity contribution is 0.0975. The summed E-state index contributed by atoms with van der Waals surface area (Å²) in [6.07, 6.45) is 5.55. The standard InChI is InChI=1S/C26H31FN4O5S/c1-26(2,3)37(33,34)29-25(32)22-14-28-24-9-7-18(15-31(22)24)30-11-4-5-21(30)20-13-17(27)6-8-23(20)36-19-10-12-35-16-19/h6-9,13-15,19,21H,4-5,10-12,16H2,1-3H3,(H,29,32). The molecule has 0 saturated carbocycles. The van der Waals surface area contributed by atoms with Crippen LogP contribution in [0.1, 0.15) is 62.1 Å². The van der Waals surface area contributed by atoms with Crippen molar-refractivity contribution in [2.24, 2.45) is 0 Å². The van der Waals surface area contributed by atoms with Gasteiger partial charge in [-0.15, -0.1) is 0 Å². The van der Waals surface area contributed by atoms with Crippen molar-refractivity contribution >= 4 is 27.3 Å². The van der Waals surface area contributed by atoms with Crippen molar-refractivity contribution in [2.75, 3.05) is 24.7 Å². The Bertz CT molecular complexity index is 1430. The first kappa shape index (κ1) is 25.5. The van der Waals surface area contributed by atoms with Gasteiger partial charge in [-0.05, 0) is 63.9 Å². The van der Waals surface area contributed by atoms with E-state index < -0.39 is 20.7 Å². The van der Waals surface area contributed by atoms with Crippen LogP contribution in [-0.2, 0) is 14.8 Å². The van der Waals surface area contributed by atoms with Gasteiger partial charge in [0.15, 0.2) is 0 Å². The Labute approximate surface area is 215 Å². The highest BCUT2D eigenvalue weighted by atomic mass is 32.2. The maximum Gasteiger partial charge on any atom is 0.283 e. The molecule has 5 rings (SSSR count). The molecule has 2 aromatic heterocycles. The van der Waals surface area contributed by atoms with Gasteiger partial charge in [0.05, 0.1) is 35.9 Å². The van der Waals surface area contributed by atoms with Gasteiger partial charge in [0, 0.05) is 24.7 Å². The summed E-state index contributed by atoms with van der Waals surface area (Å²) in [5, 5.41) is 0. The van der Waals surface area contributed by atoms with Crippen LogP contribution in [-0.4, -0.2) is 54.3 Å². The summed E-state index contributed by atoms with van der Waals surface area (Å²) in [6, 6.07) is 8.16. The van der Waals surface area contributed by atoms with Crippen LogP contribution in [0.5, 0.6) is 5.75 Å². The predicted octanol–water partition coefficient (Wildman–Crippen LogP) is 3.84. The number of sulfonamides is 1. The fraction of sp³-hybridized carbons (Fsp3) is 0.462. The average Bonchev–Trinajstić information content (AvgIpc) is 3.59. The first-order chi connectivity index (χ1) is 17.5. The molecule has 1 amide bonds. The van der Waals surface area contributed by atoms with Crippen molar-refractivity contribution in [3.63, 3.8) is 0 Å². The molecule has 1 N–H and O–H groups in total. The minimum atomic E-state index is -3.89. The molecule has 0 spiro atoms. The fourth-order valence-corrected chi connectivity index (χ4v) is 5.36. The Hall–Kier alpha value is -3.18. The maximum absolute atomic E-state index is 14.4. The SMILES string of the molecule is CC(C)(C)S(=O)(=O)NC(=O)c1cnc2ccc(N3CCCC3c3cc(F)ccc3OC3CCOC3)cn12. The smallest absolute Gasteiger partial charge is 0.283 e. The highest BCUT2D eigenvalue weighted by Crippen LogP contribution is 2.41. The Balaban J connectivity index is 1.46. The van der Waals surface area contributed by atoms with Gasteiger partial charge in [-0.25, -0.2) is 22.5 Å². The zero-order valence-corrected chi connectivity index (χ0v) is 21.9. The first-order valence-corrected chi connectivity index (χ1v) is 13.9. The molecule has 1 aromatic carbocycles. The predicted molar refractivity (Wildman–Crippen MR) is 137 cm³/mol. The molecule has 4 heterocycles. The van der Waals surface area contributed by atoms with Gasteiger partial charge in [0.1, 0.15) is 29.0 Å². The van der Waals surface area contributed by atoms with Gasteiger partial charge in [0.25, 0.3) is 5.91 Å². The lowest BCUT2D eigenvalue weighted by Crippen LogP contribution is -2.42. The number of hydrogen-bond acceptors (Lipinski definition) is 7. The molecule has 0 radical (unpaired) electrons. The van der Waals surface area contributed by atoms with E-state index in [1.807, 2.05) is 6.07 Å². The van der Waals surface area contributed by atoms with E-state index in [0.717, 1.165) is 37.1 Å². The van der Waals surface area contributed by atoms with Gasteiger partial charge < -0.3 is 14.4 Å². The molecule has 2 fully saturated rings. The number of amides is 1. The number of hydrogen-bond donors (Lipinski definition) is 1. The summed E-state index contributed by atoms with van der Waals surface area (Å²) in [5.74, 6) is -0.442. The van der Waals surface area contributed by atoms with E-state index in [0.29, 0.717) is 24.6 Å². The normalized spacial score (nSPS) is 20.5. The third kappa shape index (κ3) is 5.02. The summed E-state index contributed by atoms with van der Waals surface area (Å²) >= 11 is 0. The van der Waals surface area contributed by atoms with Gasteiger partial charge in [-0.1, -0.05) is 0 Å². The summed E-state index contributed by atoms with van der Waals surface area (Å²) in [5.41, 5.74) is 2.19. The van der Waals surface area contributed by atoms with E-state index in [9.17, 15) is 17.6 Å². The van der Waals surface area contributed by atoms with Crippen LogP contribution >= 0.6 is 0 Å². The highest BCUT2D eigenvalue weighted by molar-refractivity contribution is 7.91. The summed E-state index contributed by atoms with van der Waals surface area (Å²) in [7, 11) is -3.89. The maximum atomic E-state index is 14.4. The Morgan fingerprint density at radius 1 is 1.22 bits per heavy atom. The number of pyridine rings is 1. The van der Waals surface area contributed by atoms with Crippen molar-refractivity contribution in [1.29, 1.82) is 0 Å². The Kier molecular flexibility index (Phi) is 6.61. The Morgan fingerprint density at radius 3 is 2.76 bits per heavy atom. The molecule has 0 aliphatic carbocycles. The number of anilines is 1. The number of nitrogens with one attached hydrogen (secondary N) is 1. The highest BCUT2D eigenvalue weighted by Gasteiger charge is 2.33. The van der Waals surface area contributed by atoms with Crippen molar-refractivity contribution in [2.45, 2.75) is 56.9 Å². The van der Waals surface area contributed by atoms with Gasteiger partial charge in [-0.2, -0.15) is 0 Å². The quantitative estimate of drug-likeness (QED) is 0.517. The molecule has 37 heavy (non-hydrogen) atoms.